The maximum atomic E-state index is 12.2. The van der Waals surface area contributed by atoms with Gasteiger partial charge in [-0.3, -0.25) is 10.2 Å². The van der Waals surface area contributed by atoms with Gasteiger partial charge in [-0.25, -0.2) is 4.79 Å². The van der Waals surface area contributed by atoms with Gasteiger partial charge in [0.15, 0.2) is 0 Å². The van der Waals surface area contributed by atoms with Gasteiger partial charge < -0.3 is 16.0 Å². The Bertz CT molecular complexity index is 1330. The molecule has 0 fully saturated rings. The monoisotopic (exact) mass is 409 g/mol. The highest BCUT2D eigenvalue weighted by Gasteiger charge is 2.10. The van der Waals surface area contributed by atoms with Gasteiger partial charge in [-0.15, -0.1) is 0 Å². The number of H-pyrrole nitrogens is 2. The van der Waals surface area contributed by atoms with E-state index < -0.39 is 0 Å². The van der Waals surface area contributed by atoms with Crippen molar-refractivity contribution in [3.63, 3.8) is 0 Å². The Morgan fingerprint density at radius 2 is 1.58 bits per heavy atom. The van der Waals surface area contributed by atoms with Crippen molar-refractivity contribution in [3.05, 3.63) is 85.2 Å². The zero-order chi connectivity index (χ0) is 21.0. The van der Waals surface area contributed by atoms with Crippen molar-refractivity contribution in [1.29, 1.82) is 0 Å². The van der Waals surface area contributed by atoms with Crippen molar-refractivity contribution >= 4 is 39.7 Å². The highest BCUT2D eigenvalue weighted by atomic mass is 16.2. The van der Waals surface area contributed by atoms with Gasteiger partial charge in [-0.05, 0) is 48.5 Å². The number of nitrogens with one attached hydrogen (secondary N) is 5. The summed E-state index contributed by atoms with van der Waals surface area (Å²) in [5, 5.41) is 24.3. The lowest BCUT2D eigenvalue weighted by molar-refractivity contribution is 0.262. The van der Waals surface area contributed by atoms with Gasteiger partial charge in [0, 0.05) is 39.9 Å². The van der Waals surface area contributed by atoms with Crippen LogP contribution in [0.25, 0.3) is 22.2 Å². The van der Waals surface area contributed by atoms with E-state index in [9.17, 15) is 4.79 Å². The summed E-state index contributed by atoms with van der Waals surface area (Å²) in [6, 6.07) is 22.5. The van der Waals surface area contributed by atoms with Crippen molar-refractivity contribution in [2.75, 3.05) is 16.0 Å². The van der Waals surface area contributed by atoms with Crippen molar-refractivity contribution in [2.24, 2.45) is 0 Å². The van der Waals surface area contributed by atoms with Crippen LogP contribution in [0.2, 0.25) is 0 Å². The van der Waals surface area contributed by atoms with E-state index in [1.807, 2.05) is 79.0 Å². The third-order valence-corrected chi connectivity index (χ3v) is 4.78. The van der Waals surface area contributed by atoms with Crippen molar-refractivity contribution in [2.45, 2.75) is 0 Å². The normalized spacial score (nSPS) is 10.7. The molecule has 152 valence electrons. The number of urea groups is 1. The summed E-state index contributed by atoms with van der Waals surface area (Å²) in [6.07, 6.45) is 3.56. The van der Waals surface area contributed by atoms with Gasteiger partial charge in [-0.2, -0.15) is 10.2 Å². The first kappa shape index (κ1) is 18.4. The fourth-order valence-electron chi connectivity index (χ4n) is 3.35. The molecule has 0 aliphatic carbocycles. The Morgan fingerprint density at radius 1 is 0.806 bits per heavy atom. The van der Waals surface area contributed by atoms with Crippen LogP contribution in [0.15, 0.2) is 85.2 Å². The molecular formula is C23H19N7O. The molecule has 0 bridgehead atoms. The third-order valence-electron chi connectivity index (χ3n) is 4.78. The van der Waals surface area contributed by atoms with Crippen LogP contribution in [0.3, 0.4) is 0 Å². The number of para-hydroxylation sites is 1. The summed E-state index contributed by atoms with van der Waals surface area (Å²) < 4.78 is 0. The Labute approximate surface area is 177 Å². The Kier molecular flexibility index (Phi) is 4.78. The van der Waals surface area contributed by atoms with Crippen molar-refractivity contribution in [3.8, 4) is 11.3 Å². The molecule has 2 amide bonds. The van der Waals surface area contributed by atoms with Crippen molar-refractivity contribution in [1.82, 2.24) is 20.4 Å². The van der Waals surface area contributed by atoms with Gasteiger partial charge in [0.2, 0.25) is 0 Å². The number of amides is 2. The highest BCUT2D eigenvalue weighted by Crippen LogP contribution is 2.29. The van der Waals surface area contributed by atoms with Gasteiger partial charge in [-0.1, -0.05) is 24.3 Å². The Morgan fingerprint density at radius 3 is 2.42 bits per heavy atom. The van der Waals surface area contributed by atoms with Crippen LogP contribution < -0.4 is 16.0 Å². The van der Waals surface area contributed by atoms with E-state index in [1.165, 1.54) is 0 Å². The standard InChI is InChI=1S/C23H19N7O/c31-23(27-16-5-2-1-3-6-16)28-18-8-4-7-17(11-18)26-19-9-10-20-21(12-19)29-30-22(20)15-13-24-25-14-15/h1-14,26H,(H,24,25)(H,29,30)(H2,27,28,31). The first-order chi connectivity index (χ1) is 15.2. The van der Waals surface area contributed by atoms with Crippen LogP contribution in [0.5, 0.6) is 0 Å². The molecule has 0 atom stereocenters. The molecule has 0 aliphatic heterocycles. The smallest absolute Gasteiger partial charge is 0.323 e. The Hall–Kier alpha value is -4.59. The lowest BCUT2D eigenvalue weighted by Crippen LogP contribution is -2.19. The predicted octanol–water partition coefficient (Wildman–Crippen LogP) is 5.34. The lowest BCUT2D eigenvalue weighted by Gasteiger charge is -2.11. The van der Waals surface area contributed by atoms with Gasteiger partial charge in [0.1, 0.15) is 5.69 Å². The first-order valence-electron chi connectivity index (χ1n) is 9.72. The molecular weight excluding hydrogens is 390 g/mol. The first-order valence-corrected chi connectivity index (χ1v) is 9.72. The largest absolute Gasteiger partial charge is 0.355 e. The molecule has 8 nitrogen and oxygen atoms in total. The number of rotatable bonds is 5. The van der Waals surface area contributed by atoms with Crippen molar-refractivity contribution < 1.29 is 4.79 Å². The molecule has 0 saturated heterocycles. The van der Waals surface area contributed by atoms with E-state index in [2.05, 4.69) is 36.3 Å². The van der Waals surface area contributed by atoms with E-state index >= 15 is 0 Å². The molecule has 0 aliphatic rings. The van der Waals surface area contributed by atoms with E-state index in [0.717, 1.165) is 39.2 Å². The number of aromatic nitrogens is 4. The molecule has 31 heavy (non-hydrogen) atoms. The molecule has 2 heterocycles. The molecule has 0 saturated carbocycles. The third kappa shape index (κ3) is 4.08. The maximum absolute atomic E-state index is 12.2. The summed E-state index contributed by atoms with van der Waals surface area (Å²) in [4.78, 5) is 12.2. The minimum atomic E-state index is -0.297. The quantitative estimate of drug-likeness (QED) is 0.270. The van der Waals surface area contributed by atoms with Crippen LogP contribution in [0.1, 0.15) is 0 Å². The maximum Gasteiger partial charge on any atom is 0.323 e. The van der Waals surface area contributed by atoms with Gasteiger partial charge >= 0.3 is 6.03 Å². The summed E-state index contributed by atoms with van der Waals surface area (Å²) >= 11 is 0. The summed E-state index contributed by atoms with van der Waals surface area (Å²) in [6.45, 7) is 0. The topological polar surface area (TPSA) is 111 Å². The molecule has 8 heteroatoms. The molecule has 3 aromatic carbocycles. The molecule has 5 N–H and O–H groups in total. The van der Waals surface area contributed by atoms with E-state index in [0.29, 0.717) is 5.69 Å². The van der Waals surface area contributed by atoms with E-state index in [1.54, 1.807) is 6.20 Å². The second-order valence-corrected chi connectivity index (χ2v) is 6.97. The Balaban J connectivity index is 1.30. The zero-order valence-corrected chi connectivity index (χ0v) is 16.4. The van der Waals surface area contributed by atoms with Gasteiger partial charge in [0.25, 0.3) is 0 Å². The second-order valence-electron chi connectivity index (χ2n) is 6.97. The molecule has 0 radical (unpaired) electrons. The molecule has 0 spiro atoms. The predicted molar refractivity (Wildman–Crippen MR) is 122 cm³/mol. The van der Waals surface area contributed by atoms with Crippen LogP contribution in [-0.2, 0) is 0 Å². The summed E-state index contributed by atoms with van der Waals surface area (Å²) in [7, 11) is 0. The van der Waals surface area contributed by atoms with E-state index in [-0.39, 0.29) is 6.03 Å². The molecule has 5 aromatic rings. The fraction of sp³-hybridized carbons (Fsp3) is 0. The average molecular weight is 409 g/mol. The average Bonchev–Trinajstić information content (AvgIpc) is 3.44. The number of carbonyl (C=O) groups excluding carboxylic acids is 1. The summed E-state index contributed by atoms with van der Waals surface area (Å²) in [5.74, 6) is 0. The molecule has 5 rings (SSSR count). The van der Waals surface area contributed by atoms with Crippen LogP contribution in [0.4, 0.5) is 27.5 Å². The number of anilines is 4. The highest BCUT2D eigenvalue weighted by molar-refractivity contribution is 6.00. The lowest BCUT2D eigenvalue weighted by atomic mass is 10.1. The van der Waals surface area contributed by atoms with E-state index in [4.69, 9.17) is 0 Å². The zero-order valence-electron chi connectivity index (χ0n) is 16.4. The number of benzene rings is 3. The number of nitrogens with zero attached hydrogens (tertiary/aromatic N) is 2. The molecule has 0 unspecified atom stereocenters. The number of aromatic amines is 2. The number of fused-ring (bicyclic) bond motifs is 1. The van der Waals surface area contributed by atoms with Crippen LogP contribution in [0, 0.1) is 0 Å². The van der Waals surface area contributed by atoms with Gasteiger partial charge in [0.05, 0.1) is 11.7 Å². The van der Waals surface area contributed by atoms with Crippen LogP contribution in [-0.4, -0.2) is 26.4 Å². The minimum Gasteiger partial charge on any atom is -0.355 e. The number of hydrogen-bond acceptors (Lipinski definition) is 4. The molecule has 2 aromatic heterocycles. The van der Waals surface area contributed by atoms with Crippen LogP contribution >= 0.6 is 0 Å². The second kappa shape index (κ2) is 8.03. The number of carbonyl (C=O) groups is 1. The minimum absolute atomic E-state index is 0.297. The number of hydrogen-bond donors (Lipinski definition) is 5. The summed E-state index contributed by atoms with van der Waals surface area (Å²) in [5.41, 5.74) is 5.87. The SMILES string of the molecule is O=C(Nc1ccccc1)Nc1cccc(Nc2ccc3c(-c4cn[nH]c4)n[nH]c3c2)c1. The fourth-order valence-corrected chi connectivity index (χ4v) is 3.35.